The Morgan fingerprint density at radius 2 is 2.00 bits per heavy atom. The van der Waals surface area contributed by atoms with Gasteiger partial charge in [0.2, 0.25) is 0 Å². The molecular formula is C15H21BrClN. The highest BCUT2D eigenvalue weighted by molar-refractivity contribution is 9.10. The minimum Gasteiger partial charge on any atom is -0.313 e. The van der Waals surface area contributed by atoms with Crippen LogP contribution >= 0.6 is 27.5 Å². The highest BCUT2D eigenvalue weighted by atomic mass is 79.9. The van der Waals surface area contributed by atoms with Crippen LogP contribution in [0.4, 0.5) is 0 Å². The number of benzene rings is 1. The van der Waals surface area contributed by atoms with Gasteiger partial charge in [-0.05, 0) is 36.6 Å². The molecule has 3 heteroatoms. The van der Waals surface area contributed by atoms with Crippen LogP contribution in [0.15, 0.2) is 22.7 Å². The molecule has 1 nitrogen and oxygen atoms in total. The van der Waals surface area contributed by atoms with Gasteiger partial charge in [-0.3, -0.25) is 0 Å². The Labute approximate surface area is 123 Å². The minimum absolute atomic E-state index is 0.785. The summed E-state index contributed by atoms with van der Waals surface area (Å²) in [6.45, 7) is 2.05. The van der Waals surface area contributed by atoms with Gasteiger partial charge in [0.15, 0.2) is 0 Å². The summed E-state index contributed by atoms with van der Waals surface area (Å²) in [5.41, 5.74) is 1.28. The van der Waals surface area contributed by atoms with Crippen LogP contribution in [0.3, 0.4) is 0 Å². The monoisotopic (exact) mass is 329 g/mol. The molecule has 18 heavy (non-hydrogen) atoms. The van der Waals surface area contributed by atoms with Gasteiger partial charge in [-0.2, -0.15) is 0 Å². The molecular weight excluding hydrogens is 310 g/mol. The van der Waals surface area contributed by atoms with Crippen LogP contribution in [0, 0.1) is 5.92 Å². The van der Waals surface area contributed by atoms with Crippen molar-refractivity contribution >= 4 is 27.5 Å². The maximum Gasteiger partial charge on any atom is 0.0417 e. The average molecular weight is 331 g/mol. The highest BCUT2D eigenvalue weighted by Gasteiger charge is 2.12. The van der Waals surface area contributed by atoms with Crippen molar-refractivity contribution in [3.8, 4) is 0 Å². The van der Waals surface area contributed by atoms with Crippen LogP contribution in [0.2, 0.25) is 5.02 Å². The molecule has 0 atom stereocenters. The third-order valence-electron chi connectivity index (χ3n) is 3.78. The minimum atomic E-state index is 0.785. The quantitative estimate of drug-likeness (QED) is 0.735. The fourth-order valence-corrected chi connectivity index (χ4v) is 3.49. The fourth-order valence-electron chi connectivity index (χ4n) is 2.67. The number of nitrogens with one attached hydrogen (secondary N) is 1. The van der Waals surface area contributed by atoms with E-state index < -0.39 is 0 Å². The number of hydrogen-bond acceptors (Lipinski definition) is 1. The Bertz CT molecular complexity index is 375. The van der Waals surface area contributed by atoms with Crippen molar-refractivity contribution in [2.45, 2.75) is 45.1 Å². The van der Waals surface area contributed by atoms with Gasteiger partial charge in [0.05, 0.1) is 0 Å². The molecule has 1 N–H and O–H groups in total. The zero-order valence-electron chi connectivity index (χ0n) is 10.7. The molecule has 0 unspecified atom stereocenters. The molecule has 0 radical (unpaired) electrons. The summed E-state index contributed by atoms with van der Waals surface area (Å²) in [6.07, 6.45) is 8.52. The first-order chi connectivity index (χ1) is 8.75. The predicted molar refractivity (Wildman–Crippen MR) is 82.1 cm³/mol. The molecule has 100 valence electrons. The highest BCUT2D eigenvalue weighted by Crippen LogP contribution is 2.26. The molecule has 1 aromatic rings. The number of rotatable bonds is 5. The summed E-state index contributed by atoms with van der Waals surface area (Å²) in [5.74, 6) is 0.958. The molecule has 0 amide bonds. The molecule has 0 bridgehead atoms. The average Bonchev–Trinajstić information content (AvgIpc) is 2.38. The normalized spacial score (nSPS) is 17.0. The van der Waals surface area contributed by atoms with Gasteiger partial charge in [-0.25, -0.2) is 0 Å². The maximum atomic E-state index is 5.93. The number of hydrogen-bond donors (Lipinski definition) is 1. The smallest absolute Gasteiger partial charge is 0.0417 e. The second kappa shape index (κ2) is 7.52. The lowest BCUT2D eigenvalue weighted by atomic mass is 9.87. The van der Waals surface area contributed by atoms with Crippen LogP contribution in [0.25, 0.3) is 0 Å². The van der Waals surface area contributed by atoms with Crippen LogP contribution in [0.5, 0.6) is 0 Å². The Morgan fingerprint density at radius 1 is 1.22 bits per heavy atom. The van der Waals surface area contributed by atoms with E-state index in [1.807, 2.05) is 12.1 Å². The van der Waals surface area contributed by atoms with E-state index in [0.29, 0.717) is 0 Å². The van der Waals surface area contributed by atoms with Crippen LogP contribution in [-0.4, -0.2) is 6.54 Å². The first kappa shape index (κ1) is 14.4. The SMILES string of the molecule is Clc1ccc(CNCCC2CCCCC2)c(Br)c1. The lowest BCUT2D eigenvalue weighted by Gasteiger charge is -2.21. The molecule has 0 heterocycles. The largest absolute Gasteiger partial charge is 0.313 e. The first-order valence-electron chi connectivity index (χ1n) is 6.90. The molecule has 1 aliphatic rings. The second-order valence-electron chi connectivity index (χ2n) is 5.21. The fraction of sp³-hybridized carbons (Fsp3) is 0.600. The zero-order chi connectivity index (χ0) is 12.8. The Morgan fingerprint density at radius 3 is 2.72 bits per heavy atom. The third-order valence-corrected chi connectivity index (χ3v) is 4.76. The van der Waals surface area contributed by atoms with E-state index in [-0.39, 0.29) is 0 Å². The van der Waals surface area contributed by atoms with Gasteiger partial charge in [0.1, 0.15) is 0 Å². The summed E-state index contributed by atoms with van der Waals surface area (Å²) >= 11 is 9.48. The van der Waals surface area contributed by atoms with Gasteiger partial charge in [0.25, 0.3) is 0 Å². The topological polar surface area (TPSA) is 12.0 Å². The number of halogens is 2. The van der Waals surface area contributed by atoms with Crippen molar-refractivity contribution in [3.05, 3.63) is 33.3 Å². The van der Waals surface area contributed by atoms with Gasteiger partial charge in [-0.15, -0.1) is 0 Å². The molecule has 0 aliphatic heterocycles. The van der Waals surface area contributed by atoms with Gasteiger partial charge >= 0.3 is 0 Å². The lowest BCUT2D eigenvalue weighted by molar-refractivity contribution is 0.334. The summed E-state index contributed by atoms with van der Waals surface area (Å²) in [5, 5.41) is 4.32. The summed E-state index contributed by atoms with van der Waals surface area (Å²) in [4.78, 5) is 0. The van der Waals surface area contributed by atoms with E-state index in [1.54, 1.807) is 0 Å². The molecule has 1 aromatic carbocycles. The van der Waals surface area contributed by atoms with Crippen LogP contribution in [-0.2, 0) is 6.54 Å². The van der Waals surface area contributed by atoms with Crippen LogP contribution in [0.1, 0.15) is 44.1 Å². The summed E-state index contributed by atoms with van der Waals surface area (Å²) in [7, 11) is 0. The predicted octanol–water partition coefficient (Wildman–Crippen LogP) is 5.16. The van der Waals surface area contributed by atoms with Crippen molar-refractivity contribution in [1.29, 1.82) is 0 Å². The van der Waals surface area contributed by atoms with E-state index in [0.717, 1.165) is 28.5 Å². The van der Waals surface area contributed by atoms with Gasteiger partial charge < -0.3 is 5.32 Å². The Balaban J connectivity index is 1.68. The molecule has 1 saturated carbocycles. The summed E-state index contributed by atoms with van der Waals surface area (Å²) < 4.78 is 1.10. The van der Waals surface area contributed by atoms with Crippen molar-refractivity contribution in [2.24, 2.45) is 5.92 Å². The molecule has 0 saturated heterocycles. The standard InChI is InChI=1S/C15H21BrClN/c16-15-10-14(17)7-6-13(15)11-18-9-8-12-4-2-1-3-5-12/h6-7,10,12,18H,1-5,8-9,11H2. The lowest BCUT2D eigenvalue weighted by Crippen LogP contribution is -2.19. The van der Waals surface area contributed by atoms with Crippen molar-refractivity contribution in [1.82, 2.24) is 5.32 Å². The first-order valence-corrected chi connectivity index (χ1v) is 8.07. The van der Waals surface area contributed by atoms with Crippen molar-refractivity contribution < 1.29 is 0 Å². The molecule has 1 fully saturated rings. The Hall–Kier alpha value is -0.0500. The van der Waals surface area contributed by atoms with Crippen molar-refractivity contribution in [2.75, 3.05) is 6.54 Å². The van der Waals surface area contributed by atoms with E-state index >= 15 is 0 Å². The van der Waals surface area contributed by atoms with E-state index in [9.17, 15) is 0 Å². The second-order valence-corrected chi connectivity index (χ2v) is 6.50. The molecule has 2 rings (SSSR count). The van der Waals surface area contributed by atoms with E-state index in [2.05, 4.69) is 27.3 Å². The van der Waals surface area contributed by atoms with Crippen LogP contribution < -0.4 is 5.32 Å². The molecule has 0 aromatic heterocycles. The van der Waals surface area contributed by atoms with Gasteiger partial charge in [0, 0.05) is 16.0 Å². The summed E-state index contributed by atoms with van der Waals surface area (Å²) in [6, 6.07) is 5.99. The van der Waals surface area contributed by atoms with Crippen molar-refractivity contribution in [3.63, 3.8) is 0 Å². The van der Waals surface area contributed by atoms with E-state index in [1.165, 1.54) is 44.1 Å². The maximum absolute atomic E-state index is 5.93. The molecule has 1 aliphatic carbocycles. The Kier molecular flexibility index (Phi) is 6.00. The third kappa shape index (κ3) is 4.56. The zero-order valence-corrected chi connectivity index (χ0v) is 13.1. The van der Waals surface area contributed by atoms with E-state index in [4.69, 9.17) is 11.6 Å². The van der Waals surface area contributed by atoms with Gasteiger partial charge in [-0.1, -0.05) is 65.7 Å². The molecule has 0 spiro atoms.